The van der Waals surface area contributed by atoms with Gasteiger partial charge in [-0.1, -0.05) is 44.0 Å². The first-order valence-electron chi connectivity index (χ1n) is 6.27. The zero-order valence-electron chi connectivity index (χ0n) is 9.69. The van der Waals surface area contributed by atoms with Crippen molar-refractivity contribution < 1.29 is 9.31 Å². The second-order valence-electron chi connectivity index (χ2n) is 4.71. The Morgan fingerprint density at radius 1 is 1.31 bits per heavy atom. The molecule has 1 saturated heterocycles. The normalized spacial score (nSPS) is 26.9. The van der Waals surface area contributed by atoms with Gasteiger partial charge >= 0.3 is 7.12 Å². The Hall–Kier alpha value is -0.795. The summed E-state index contributed by atoms with van der Waals surface area (Å²) in [5.41, 5.74) is 2.73. The van der Waals surface area contributed by atoms with E-state index in [9.17, 15) is 0 Å². The molecule has 1 fully saturated rings. The minimum atomic E-state index is 0.0308. The highest BCUT2D eigenvalue weighted by Crippen LogP contribution is 2.41. The van der Waals surface area contributed by atoms with Crippen molar-refractivity contribution in [1.82, 2.24) is 0 Å². The van der Waals surface area contributed by atoms with Gasteiger partial charge in [-0.3, -0.25) is 0 Å². The maximum atomic E-state index is 5.99. The van der Waals surface area contributed by atoms with Crippen LogP contribution in [-0.4, -0.2) is 13.2 Å². The monoisotopic (exact) mass is 216 g/mol. The highest BCUT2D eigenvalue weighted by atomic mass is 16.7. The van der Waals surface area contributed by atoms with Crippen LogP contribution in [0.15, 0.2) is 24.3 Å². The van der Waals surface area contributed by atoms with Crippen LogP contribution in [0.2, 0.25) is 6.32 Å². The Labute approximate surface area is 97.1 Å². The van der Waals surface area contributed by atoms with Crippen molar-refractivity contribution in [1.29, 1.82) is 0 Å². The Kier molecular flexibility index (Phi) is 2.74. The van der Waals surface area contributed by atoms with Crippen LogP contribution in [0.4, 0.5) is 0 Å². The van der Waals surface area contributed by atoms with Gasteiger partial charge < -0.3 is 9.31 Å². The van der Waals surface area contributed by atoms with Crippen molar-refractivity contribution in [2.75, 3.05) is 0 Å². The molecule has 0 radical (unpaired) electrons. The summed E-state index contributed by atoms with van der Waals surface area (Å²) in [4.78, 5) is 0. The minimum absolute atomic E-state index is 0.0308. The highest BCUT2D eigenvalue weighted by molar-refractivity contribution is 6.45. The molecule has 2 aliphatic rings. The number of hydrogen-bond donors (Lipinski definition) is 0. The minimum Gasteiger partial charge on any atom is -0.405 e. The quantitative estimate of drug-likeness (QED) is 0.723. The molecule has 16 heavy (non-hydrogen) atoms. The number of benzene rings is 1. The molecule has 2 nitrogen and oxygen atoms in total. The lowest BCUT2D eigenvalue weighted by Gasteiger charge is -2.08. The molecule has 2 atom stereocenters. The smallest absolute Gasteiger partial charge is 0.405 e. The molecule has 1 aromatic carbocycles. The van der Waals surface area contributed by atoms with Gasteiger partial charge in [-0.25, -0.2) is 0 Å². The lowest BCUT2D eigenvalue weighted by Crippen LogP contribution is -2.16. The lowest BCUT2D eigenvalue weighted by atomic mass is 9.82. The Morgan fingerprint density at radius 2 is 2.19 bits per heavy atom. The van der Waals surface area contributed by atoms with E-state index in [-0.39, 0.29) is 19.3 Å². The standard InChI is InChI=1S/C13H17BO2/c1-2-3-8-14-15-12-9-10-6-4-5-7-11(10)13(12)16-14/h4-7,12-13H,2-3,8-9H2,1H3/t12-,13+/m0/s1. The van der Waals surface area contributed by atoms with E-state index in [0.717, 1.165) is 12.7 Å². The van der Waals surface area contributed by atoms with E-state index >= 15 is 0 Å². The van der Waals surface area contributed by atoms with Gasteiger partial charge in [0.15, 0.2) is 0 Å². The van der Waals surface area contributed by atoms with E-state index in [1.165, 1.54) is 24.0 Å². The van der Waals surface area contributed by atoms with Crippen molar-refractivity contribution in [3.05, 3.63) is 35.4 Å². The fourth-order valence-corrected chi connectivity index (χ4v) is 2.70. The van der Waals surface area contributed by atoms with Crippen molar-refractivity contribution in [3.63, 3.8) is 0 Å². The van der Waals surface area contributed by atoms with Crippen molar-refractivity contribution in [2.24, 2.45) is 0 Å². The van der Waals surface area contributed by atoms with Gasteiger partial charge in [0.05, 0.1) is 12.2 Å². The predicted octanol–water partition coefficient (Wildman–Crippen LogP) is 2.99. The Morgan fingerprint density at radius 3 is 3.06 bits per heavy atom. The molecule has 1 heterocycles. The molecule has 3 rings (SSSR count). The first kappa shape index (κ1) is 10.4. The second-order valence-corrected chi connectivity index (χ2v) is 4.71. The Balaban J connectivity index is 1.72. The van der Waals surface area contributed by atoms with Gasteiger partial charge in [-0.15, -0.1) is 0 Å². The largest absolute Gasteiger partial charge is 0.457 e. The van der Waals surface area contributed by atoms with E-state index in [4.69, 9.17) is 9.31 Å². The summed E-state index contributed by atoms with van der Waals surface area (Å²) >= 11 is 0. The zero-order valence-corrected chi connectivity index (χ0v) is 9.69. The van der Waals surface area contributed by atoms with Gasteiger partial charge in [-0.05, 0) is 17.4 Å². The second kappa shape index (κ2) is 4.23. The van der Waals surface area contributed by atoms with Crippen LogP contribution < -0.4 is 0 Å². The van der Waals surface area contributed by atoms with Gasteiger partial charge in [0.2, 0.25) is 0 Å². The van der Waals surface area contributed by atoms with E-state index in [0.29, 0.717) is 0 Å². The molecule has 84 valence electrons. The third-order valence-corrected chi connectivity index (χ3v) is 3.54. The van der Waals surface area contributed by atoms with Crippen LogP contribution >= 0.6 is 0 Å². The van der Waals surface area contributed by atoms with E-state index in [1.54, 1.807) is 0 Å². The SMILES string of the molecule is CCCCB1O[C@H]2Cc3ccccc3[C@H]2O1. The molecule has 0 amide bonds. The summed E-state index contributed by atoms with van der Waals surface area (Å²) in [6, 6.07) is 8.53. The predicted molar refractivity (Wildman–Crippen MR) is 64.3 cm³/mol. The molecular formula is C13H17BO2. The van der Waals surface area contributed by atoms with Gasteiger partial charge in [0.1, 0.15) is 0 Å². The maximum Gasteiger partial charge on any atom is 0.457 e. The summed E-state index contributed by atoms with van der Waals surface area (Å²) in [6.07, 6.45) is 4.90. The van der Waals surface area contributed by atoms with Crippen LogP contribution in [0.1, 0.15) is 37.0 Å². The molecule has 1 aromatic rings. The van der Waals surface area contributed by atoms with Crippen molar-refractivity contribution in [2.45, 2.75) is 44.7 Å². The summed E-state index contributed by atoms with van der Waals surface area (Å²) in [5.74, 6) is 0. The molecular weight excluding hydrogens is 199 g/mol. The number of hydrogen-bond acceptors (Lipinski definition) is 2. The number of unbranched alkanes of at least 4 members (excludes halogenated alkanes) is 1. The van der Waals surface area contributed by atoms with Crippen LogP contribution in [-0.2, 0) is 15.7 Å². The molecule has 1 aliphatic carbocycles. The van der Waals surface area contributed by atoms with E-state index < -0.39 is 0 Å². The lowest BCUT2D eigenvalue weighted by molar-refractivity contribution is 0.176. The molecule has 3 heteroatoms. The molecule has 0 N–H and O–H groups in total. The summed E-state index contributed by atoms with van der Waals surface area (Å²) in [6.45, 7) is 2.20. The molecule has 0 spiro atoms. The fourth-order valence-electron chi connectivity index (χ4n) is 2.70. The fraction of sp³-hybridized carbons (Fsp3) is 0.538. The highest BCUT2D eigenvalue weighted by Gasteiger charge is 2.44. The first-order chi connectivity index (χ1) is 7.88. The van der Waals surface area contributed by atoms with Crippen LogP contribution in [0.3, 0.4) is 0 Å². The molecule has 0 unspecified atom stereocenters. The average Bonchev–Trinajstić information content (AvgIpc) is 2.83. The van der Waals surface area contributed by atoms with Gasteiger partial charge in [0, 0.05) is 6.42 Å². The molecule has 1 aliphatic heterocycles. The zero-order chi connectivity index (χ0) is 11.0. The molecule has 0 bridgehead atoms. The average molecular weight is 216 g/mol. The topological polar surface area (TPSA) is 18.5 Å². The van der Waals surface area contributed by atoms with E-state index in [1.807, 2.05) is 0 Å². The number of rotatable bonds is 3. The van der Waals surface area contributed by atoms with E-state index in [2.05, 4.69) is 31.2 Å². The number of fused-ring (bicyclic) bond motifs is 3. The third-order valence-electron chi connectivity index (χ3n) is 3.54. The maximum absolute atomic E-state index is 5.99. The third kappa shape index (κ3) is 1.68. The Bertz CT molecular complexity index is 380. The van der Waals surface area contributed by atoms with Crippen LogP contribution in [0.25, 0.3) is 0 Å². The van der Waals surface area contributed by atoms with Crippen LogP contribution in [0, 0.1) is 0 Å². The van der Waals surface area contributed by atoms with Crippen molar-refractivity contribution in [3.8, 4) is 0 Å². The van der Waals surface area contributed by atoms with Crippen molar-refractivity contribution >= 4 is 7.12 Å². The summed E-state index contributed by atoms with van der Waals surface area (Å²) in [7, 11) is 0.0308. The van der Waals surface area contributed by atoms with Crippen LogP contribution in [0.5, 0.6) is 0 Å². The summed E-state index contributed by atoms with van der Waals surface area (Å²) in [5, 5.41) is 0. The summed E-state index contributed by atoms with van der Waals surface area (Å²) < 4.78 is 11.9. The molecule has 0 saturated carbocycles. The van der Waals surface area contributed by atoms with Gasteiger partial charge in [-0.2, -0.15) is 0 Å². The first-order valence-corrected chi connectivity index (χ1v) is 6.27. The van der Waals surface area contributed by atoms with Gasteiger partial charge in [0.25, 0.3) is 0 Å². The molecule has 0 aromatic heterocycles.